The van der Waals surface area contributed by atoms with Crippen molar-refractivity contribution in [3.05, 3.63) is 65.5 Å². The lowest BCUT2D eigenvalue weighted by atomic mass is 10.1. The Kier molecular flexibility index (Phi) is 6.38. The molecule has 0 aliphatic carbocycles. The van der Waals surface area contributed by atoms with Gasteiger partial charge in [-0.1, -0.05) is 12.1 Å². The third-order valence-electron chi connectivity index (χ3n) is 3.90. The molecular formula is C20H19N3O5S2. The van der Waals surface area contributed by atoms with E-state index < -0.39 is 15.9 Å². The molecule has 0 radical (unpaired) electrons. The summed E-state index contributed by atoms with van der Waals surface area (Å²) in [5.74, 6) is -0.305. The summed E-state index contributed by atoms with van der Waals surface area (Å²) < 4.78 is 32.7. The minimum absolute atomic E-state index is 0.178. The van der Waals surface area contributed by atoms with E-state index in [1.165, 1.54) is 26.2 Å². The van der Waals surface area contributed by atoms with E-state index in [1.54, 1.807) is 47.8 Å². The van der Waals surface area contributed by atoms with Crippen molar-refractivity contribution in [2.45, 2.75) is 11.1 Å². The van der Waals surface area contributed by atoms with Gasteiger partial charge >= 0.3 is 0 Å². The molecule has 0 aliphatic heterocycles. The predicted octanol–water partition coefficient (Wildman–Crippen LogP) is 3.77. The molecule has 1 heterocycles. The molecule has 3 N–H and O–H groups in total. The second-order valence-electron chi connectivity index (χ2n) is 6.17. The maximum Gasteiger partial charge on any atom is 0.271 e. The van der Waals surface area contributed by atoms with E-state index in [0.29, 0.717) is 17.1 Å². The van der Waals surface area contributed by atoms with Crippen molar-refractivity contribution in [3.8, 4) is 5.75 Å². The Balaban J connectivity index is 1.81. The number of sulfonamides is 1. The van der Waals surface area contributed by atoms with Crippen LogP contribution in [-0.2, 0) is 14.8 Å². The van der Waals surface area contributed by atoms with Gasteiger partial charge in [-0.2, -0.15) is 0 Å². The van der Waals surface area contributed by atoms with Gasteiger partial charge in [-0.15, -0.1) is 11.3 Å². The molecule has 0 saturated heterocycles. The van der Waals surface area contributed by atoms with Crippen LogP contribution in [0.2, 0.25) is 0 Å². The second kappa shape index (κ2) is 8.97. The third-order valence-corrected chi connectivity index (χ3v) is 6.68. The Bertz CT molecular complexity index is 1170. The molecule has 3 rings (SSSR count). The number of benzene rings is 2. The first kappa shape index (κ1) is 21.3. The summed E-state index contributed by atoms with van der Waals surface area (Å²) in [5.41, 5.74) is 1.36. The van der Waals surface area contributed by atoms with Crippen LogP contribution in [0.1, 0.15) is 17.3 Å². The standard InChI is InChI=1S/C20H19N3O5S2/c1-13(24)21-15-8-9-18(28-2)17(12-15)22-20(25)14-5-3-6-16(11-14)23-30(26,27)19-7-4-10-29-19/h3-12,23H,1-2H3,(H,21,24)(H,22,25). The summed E-state index contributed by atoms with van der Waals surface area (Å²) >= 11 is 1.10. The van der Waals surface area contributed by atoms with Crippen molar-refractivity contribution in [1.29, 1.82) is 0 Å². The summed E-state index contributed by atoms with van der Waals surface area (Å²) in [6, 6.07) is 14.1. The first-order valence-electron chi connectivity index (χ1n) is 8.72. The highest BCUT2D eigenvalue weighted by atomic mass is 32.2. The van der Waals surface area contributed by atoms with Gasteiger partial charge in [0, 0.05) is 23.9 Å². The zero-order chi connectivity index (χ0) is 21.7. The highest BCUT2D eigenvalue weighted by molar-refractivity contribution is 7.94. The molecule has 0 fully saturated rings. The van der Waals surface area contributed by atoms with Crippen LogP contribution in [-0.4, -0.2) is 27.3 Å². The first-order chi connectivity index (χ1) is 14.3. The van der Waals surface area contributed by atoms with Crippen molar-refractivity contribution >= 4 is 50.2 Å². The molecule has 30 heavy (non-hydrogen) atoms. The van der Waals surface area contributed by atoms with Crippen molar-refractivity contribution in [2.75, 3.05) is 22.5 Å². The van der Waals surface area contributed by atoms with Gasteiger partial charge in [-0.3, -0.25) is 14.3 Å². The number of nitrogens with one attached hydrogen (secondary N) is 3. The molecule has 2 aromatic carbocycles. The van der Waals surface area contributed by atoms with Gasteiger partial charge in [0.2, 0.25) is 5.91 Å². The van der Waals surface area contributed by atoms with Gasteiger partial charge in [-0.25, -0.2) is 8.42 Å². The Hall–Kier alpha value is -3.37. The van der Waals surface area contributed by atoms with Gasteiger partial charge in [0.05, 0.1) is 12.8 Å². The summed E-state index contributed by atoms with van der Waals surface area (Å²) in [7, 11) is -2.26. The van der Waals surface area contributed by atoms with Gasteiger partial charge < -0.3 is 15.4 Å². The number of hydrogen-bond donors (Lipinski definition) is 3. The van der Waals surface area contributed by atoms with Gasteiger partial charge in [-0.05, 0) is 47.8 Å². The number of thiophene rings is 1. The van der Waals surface area contributed by atoms with Gasteiger partial charge in [0.1, 0.15) is 9.96 Å². The number of methoxy groups -OCH3 is 1. The molecule has 10 heteroatoms. The van der Waals surface area contributed by atoms with E-state index in [4.69, 9.17) is 4.74 Å². The average molecular weight is 446 g/mol. The molecular weight excluding hydrogens is 426 g/mol. The van der Waals surface area contributed by atoms with Crippen LogP contribution < -0.4 is 20.1 Å². The molecule has 156 valence electrons. The van der Waals surface area contributed by atoms with Crippen molar-refractivity contribution in [1.82, 2.24) is 0 Å². The van der Waals surface area contributed by atoms with E-state index in [-0.39, 0.29) is 21.4 Å². The third kappa shape index (κ3) is 5.16. The number of hydrogen-bond acceptors (Lipinski definition) is 6. The van der Waals surface area contributed by atoms with E-state index >= 15 is 0 Å². The highest BCUT2D eigenvalue weighted by Crippen LogP contribution is 2.29. The number of rotatable bonds is 7. The molecule has 0 aliphatic rings. The van der Waals surface area contributed by atoms with Crippen LogP contribution in [0.15, 0.2) is 64.2 Å². The minimum Gasteiger partial charge on any atom is -0.495 e. The number of carbonyl (C=O) groups is 2. The summed E-state index contributed by atoms with van der Waals surface area (Å²) in [6.45, 7) is 1.38. The summed E-state index contributed by atoms with van der Waals surface area (Å²) in [6.07, 6.45) is 0. The number of anilines is 3. The van der Waals surface area contributed by atoms with E-state index in [9.17, 15) is 18.0 Å². The van der Waals surface area contributed by atoms with Crippen LogP contribution in [0.5, 0.6) is 5.75 Å². The Labute approximate surface area is 177 Å². The van der Waals surface area contributed by atoms with Crippen LogP contribution in [0.3, 0.4) is 0 Å². The molecule has 0 bridgehead atoms. The topological polar surface area (TPSA) is 114 Å². The van der Waals surface area contributed by atoms with Crippen LogP contribution in [0, 0.1) is 0 Å². The summed E-state index contributed by atoms with van der Waals surface area (Å²) in [5, 5.41) is 7.02. The quantitative estimate of drug-likeness (QED) is 0.512. The summed E-state index contributed by atoms with van der Waals surface area (Å²) in [4.78, 5) is 24.0. The Morgan fingerprint density at radius 3 is 2.43 bits per heavy atom. The lowest BCUT2D eigenvalue weighted by Crippen LogP contribution is -2.15. The monoisotopic (exact) mass is 445 g/mol. The smallest absolute Gasteiger partial charge is 0.271 e. The van der Waals surface area contributed by atoms with Crippen molar-refractivity contribution in [2.24, 2.45) is 0 Å². The van der Waals surface area contributed by atoms with Crippen molar-refractivity contribution in [3.63, 3.8) is 0 Å². The lowest BCUT2D eigenvalue weighted by Gasteiger charge is -2.13. The largest absolute Gasteiger partial charge is 0.495 e. The highest BCUT2D eigenvalue weighted by Gasteiger charge is 2.17. The van der Waals surface area contributed by atoms with Crippen LogP contribution in [0.25, 0.3) is 0 Å². The second-order valence-corrected chi connectivity index (χ2v) is 9.03. The SMILES string of the molecule is COc1ccc(NC(C)=O)cc1NC(=O)c1cccc(NS(=O)(=O)c2cccs2)c1. The van der Waals surface area contributed by atoms with E-state index in [2.05, 4.69) is 15.4 Å². The van der Waals surface area contributed by atoms with Gasteiger partial charge in [0.15, 0.2) is 0 Å². The van der Waals surface area contributed by atoms with Crippen LogP contribution in [0.4, 0.5) is 17.1 Å². The van der Waals surface area contributed by atoms with E-state index in [0.717, 1.165) is 11.3 Å². The molecule has 2 amide bonds. The molecule has 1 aromatic heterocycles. The maximum absolute atomic E-state index is 12.7. The molecule has 0 atom stereocenters. The number of amides is 2. The minimum atomic E-state index is -3.72. The molecule has 8 nitrogen and oxygen atoms in total. The predicted molar refractivity (Wildman–Crippen MR) is 117 cm³/mol. The fourth-order valence-electron chi connectivity index (χ4n) is 2.63. The first-order valence-corrected chi connectivity index (χ1v) is 11.1. The number of carbonyl (C=O) groups excluding carboxylic acids is 2. The molecule has 3 aromatic rings. The molecule has 0 unspecified atom stereocenters. The normalized spacial score (nSPS) is 10.9. The lowest BCUT2D eigenvalue weighted by molar-refractivity contribution is -0.114. The fraction of sp³-hybridized carbons (Fsp3) is 0.100. The Morgan fingerprint density at radius 1 is 0.967 bits per heavy atom. The molecule has 0 spiro atoms. The fourth-order valence-corrected chi connectivity index (χ4v) is 4.67. The maximum atomic E-state index is 12.7. The molecule has 0 saturated carbocycles. The number of ether oxygens (including phenoxy) is 1. The average Bonchev–Trinajstić information content (AvgIpc) is 3.23. The van der Waals surface area contributed by atoms with E-state index in [1.807, 2.05) is 0 Å². The van der Waals surface area contributed by atoms with Crippen molar-refractivity contribution < 1.29 is 22.7 Å². The van der Waals surface area contributed by atoms with Crippen LogP contribution >= 0.6 is 11.3 Å². The Morgan fingerprint density at radius 2 is 1.77 bits per heavy atom. The zero-order valence-electron chi connectivity index (χ0n) is 16.1. The van der Waals surface area contributed by atoms with Gasteiger partial charge in [0.25, 0.3) is 15.9 Å². The zero-order valence-corrected chi connectivity index (χ0v) is 17.8.